The lowest BCUT2D eigenvalue weighted by molar-refractivity contribution is 0.0469. The molecular weight excluding hydrogens is 862 g/mol. The van der Waals surface area contributed by atoms with Crippen molar-refractivity contribution in [2.45, 2.75) is 29.4 Å². The highest BCUT2D eigenvalue weighted by atomic mass is 32.2. The van der Waals surface area contributed by atoms with Gasteiger partial charge in [-0.25, -0.2) is 18.0 Å². The van der Waals surface area contributed by atoms with E-state index in [1.807, 2.05) is 37.2 Å². The summed E-state index contributed by atoms with van der Waals surface area (Å²) in [6, 6.07) is 29.7. The van der Waals surface area contributed by atoms with Gasteiger partial charge in [-0.2, -0.15) is 0 Å². The number of carbonyl (C=O) groups is 2. The molecule has 0 radical (unpaired) electrons. The molecule has 0 spiro atoms. The van der Waals surface area contributed by atoms with Crippen molar-refractivity contribution < 1.29 is 61.2 Å². The van der Waals surface area contributed by atoms with Crippen LogP contribution in [-0.4, -0.2) is 104 Å². The fraction of sp³-hybridized carbons (Fsp3) is 0.262. The standard InChI is InChI=1S/C42H48N4O13P2S/c1-44(2)38-13-6-12-37-36(38)11-7-14-39(37)62(55,56)46(4)34-21-19-32(20-22-34)40(47)58-29-30-15-17-33(18-16-30)41(48)59-43-28-31-9-5-10-35(27-31)57-26-8-24-45(3)25-23-42(49,60(50)51)61(52,53)54/h5-7,9-22,27-28,49,60H,8,23-26,29H2,1-4H3,(H,50,51)(H2,52,53,54)/b43-28+. The lowest BCUT2D eigenvalue weighted by atomic mass is 10.1. The van der Waals surface area contributed by atoms with Crippen LogP contribution in [0.5, 0.6) is 5.75 Å². The number of aliphatic hydroxyl groups is 1. The number of anilines is 2. The number of hydrogen-bond donors (Lipinski definition) is 4. The fourth-order valence-electron chi connectivity index (χ4n) is 6.18. The van der Waals surface area contributed by atoms with Crippen LogP contribution in [0.2, 0.25) is 0 Å². The SMILES string of the molecule is CN(CCCOc1cccc(/C=N/OC(=O)c2ccc(COC(=O)c3ccc(N(C)S(=O)(=O)c4cccc5c(N(C)C)cccc45)cc3)cc2)c1)CCC(O)([PH](=O)O)P(=O)(O)O. The summed E-state index contributed by atoms with van der Waals surface area (Å²) in [7, 11) is -6.22. The van der Waals surface area contributed by atoms with Crippen molar-refractivity contribution in [3.8, 4) is 5.75 Å². The minimum absolute atomic E-state index is 0.0373. The van der Waals surface area contributed by atoms with Gasteiger partial charge in [-0.1, -0.05) is 53.7 Å². The van der Waals surface area contributed by atoms with E-state index in [-0.39, 0.29) is 35.8 Å². The summed E-state index contributed by atoms with van der Waals surface area (Å²) >= 11 is 0. The Morgan fingerprint density at radius 3 is 2.13 bits per heavy atom. The maximum atomic E-state index is 13.8. The van der Waals surface area contributed by atoms with E-state index in [2.05, 4.69) is 5.16 Å². The molecule has 0 saturated heterocycles. The van der Waals surface area contributed by atoms with Crippen molar-refractivity contribution in [1.82, 2.24) is 4.90 Å². The summed E-state index contributed by atoms with van der Waals surface area (Å²) in [6.45, 7) is 0.542. The molecule has 0 amide bonds. The second-order valence-electron chi connectivity index (χ2n) is 14.4. The van der Waals surface area contributed by atoms with Crippen LogP contribution in [0.25, 0.3) is 10.8 Å². The van der Waals surface area contributed by atoms with Crippen LogP contribution >= 0.6 is 15.6 Å². The predicted octanol–water partition coefficient (Wildman–Crippen LogP) is 5.66. The number of ether oxygens (including phenoxy) is 2. The van der Waals surface area contributed by atoms with Crippen molar-refractivity contribution in [2.24, 2.45) is 5.16 Å². The Balaban J connectivity index is 1.06. The Kier molecular flexibility index (Phi) is 15.8. The van der Waals surface area contributed by atoms with Crippen molar-refractivity contribution >= 4 is 65.9 Å². The number of fused-ring (bicyclic) bond motifs is 1. The zero-order valence-electron chi connectivity index (χ0n) is 34.3. The Labute approximate surface area is 359 Å². The zero-order chi connectivity index (χ0) is 45.2. The number of nitrogens with zero attached hydrogens (tertiary/aromatic N) is 4. The first kappa shape index (κ1) is 47.6. The molecule has 20 heteroatoms. The molecule has 0 aromatic heterocycles. The van der Waals surface area contributed by atoms with Crippen LogP contribution < -0.4 is 13.9 Å². The lowest BCUT2D eigenvalue weighted by Crippen LogP contribution is -2.31. The molecule has 0 aliphatic carbocycles. The Morgan fingerprint density at radius 2 is 1.47 bits per heavy atom. The molecule has 0 aliphatic heterocycles. The number of rotatable bonds is 20. The topological polar surface area (TPSA) is 233 Å². The van der Waals surface area contributed by atoms with Gasteiger partial charge in [-0.15, -0.1) is 0 Å². The van der Waals surface area contributed by atoms with E-state index < -0.39 is 49.1 Å². The summed E-state index contributed by atoms with van der Waals surface area (Å²) in [5, 5.41) is 12.2. The first-order chi connectivity index (χ1) is 29.3. The van der Waals surface area contributed by atoms with Crippen LogP contribution in [0.3, 0.4) is 0 Å². The minimum Gasteiger partial charge on any atom is -0.494 e. The van der Waals surface area contributed by atoms with Gasteiger partial charge in [0.2, 0.25) is 13.1 Å². The van der Waals surface area contributed by atoms with Gasteiger partial charge in [0.15, 0.2) is 0 Å². The third-order valence-electron chi connectivity index (χ3n) is 9.82. The first-order valence-electron chi connectivity index (χ1n) is 19.0. The number of carbonyl (C=O) groups excluding carboxylic acids is 2. The molecule has 0 aliphatic rings. The lowest BCUT2D eigenvalue weighted by Gasteiger charge is -2.28. The number of sulfonamides is 1. The second-order valence-corrected chi connectivity index (χ2v) is 20.0. The highest BCUT2D eigenvalue weighted by Crippen LogP contribution is 2.61. The summed E-state index contributed by atoms with van der Waals surface area (Å²) in [5.41, 5.74) is 2.84. The van der Waals surface area contributed by atoms with Crippen LogP contribution in [0.4, 0.5) is 11.4 Å². The molecule has 0 saturated carbocycles. The van der Waals surface area contributed by atoms with E-state index >= 15 is 0 Å². The summed E-state index contributed by atoms with van der Waals surface area (Å²) in [4.78, 5) is 62.1. The van der Waals surface area contributed by atoms with Gasteiger partial charge in [0.1, 0.15) is 12.4 Å². The molecule has 2 unspecified atom stereocenters. The quantitative estimate of drug-likeness (QED) is 0.0184. The highest BCUT2D eigenvalue weighted by molar-refractivity contribution is 7.93. The summed E-state index contributed by atoms with van der Waals surface area (Å²) in [6.07, 6.45) is 1.24. The third kappa shape index (κ3) is 11.7. The van der Waals surface area contributed by atoms with Crippen molar-refractivity contribution in [2.75, 3.05) is 57.1 Å². The first-order valence-corrected chi connectivity index (χ1v) is 23.4. The van der Waals surface area contributed by atoms with Crippen molar-refractivity contribution in [1.29, 1.82) is 0 Å². The summed E-state index contributed by atoms with van der Waals surface area (Å²) < 4.78 is 62.8. The van der Waals surface area contributed by atoms with E-state index in [0.29, 0.717) is 40.9 Å². The van der Waals surface area contributed by atoms with Crippen LogP contribution in [0.1, 0.15) is 44.7 Å². The molecular formula is C42H48N4O13P2S. The van der Waals surface area contributed by atoms with Gasteiger partial charge in [-0.05, 0) is 85.3 Å². The molecule has 62 heavy (non-hydrogen) atoms. The molecule has 330 valence electrons. The largest absolute Gasteiger partial charge is 0.494 e. The van der Waals surface area contributed by atoms with Crippen molar-refractivity contribution in [3.05, 3.63) is 131 Å². The molecule has 5 aromatic carbocycles. The average Bonchev–Trinajstić information content (AvgIpc) is 3.25. The van der Waals surface area contributed by atoms with Crippen molar-refractivity contribution in [3.63, 3.8) is 0 Å². The van der Waals surface area contributed by atoms with Gasteiger partial charge in [0, 0.05) is 57.1 Å². The van der Waals surface area contributed by atoms with E-state index in [0.717, 1.165) is 11.1 Å². The number of hydrogen-bond acceptors (Lipinski definition) is 13. The normalized spacial score (nSPS) is 13.4. The molecule has 2 atom stereocenters. The second kappa shape index (κ2) is 20.6. The number of oxime groups is 1. The molecule has 0 heterocycles. The van der Waals surface area contributed by atoms with Gasteiger partial charge in [-0.3, -0.25) is 13.4 Å². The molecule has 5 aromatic rings. The Hall–Kier alpha value is -5.42. The predicted molar refractivity (Wildman–Crippen MR) is 236 cm³/mol. The number of benzene rings is 5. The van der Waals surface area contributed by atoms with E-state index in [4.69, 9.17) is 14.3 Å². The molecule has 4 N–H and O–H groups in total. The minimum atomic E-state index is -5.22. The maximum absolute atomic E-state index is 13.8. The average molecular weight is 911 g/mol. The van der Waals surface area contributed by atoms with Crippen LogP contribution in [0.15, 0.2) is 119 Å². The van der Waals surface area contributed by atoms with E-state index in [1.54, 1.807) is 66.5 Å². The Morgan fingerprint density at radius 1 is 0.839 bits per heavy atom. The monoisotopic (exact) mass is 910 g/mol. The molecule has 17 nitrogen and oxygen atoms in total. The summed E-state index contributed by atoms with van der Waals surface area (Å²) in [5.74, 6) is -0.848. The van der Waals surface area contributed by atoms with Gasteiger partial charge in [0.25, 0.3) is 10.0 Å². The Bertz CT molecular complexity index is 2590. The fourth-order valence-corrected chi connectivity index (χ4v) is 9.29. The zero-order valence-corrected chi connectivity index (χ0v) is 37.0. The van der Waals surface area contributed by atoms with Gasteiger partial charge >= 0.3 is 19.5 Å². The molecule has 0 bridgehead atoms. The maximum Gasteiger partial charge on any atom is 0.366 e. The van der Waals surface area contributed by atoms with Gasteiger partial charge in [0.05, 0.1) is 34.5 Å². The van der Waals surface area contributed by atoms with Crippen LogP contribution in [-0.2, 0) is 35.3 Å². The number of esters is 1. The highest BCUT2D eigenvalue weighted by Gasteiger charge is 2.50. The van der Waals surface area contributed by atoms with E-state index in [1.165, 1.54) is 54.0 Å². The molecule has 5 rings (SSSR count). The third-order valence-corrected chi connectivity index (χ3v) is 15.2. The molecule has 0 fully saturated rings. The smallest absolute Gasteiger partial charge is 0.366 e. The van der Waals surface area contributed by atoms with Gasteiger partial charge < -0.3 is 43.9 Å². The van der Waals surface area contributed by atoms with E-state index in [9.17, 15) is 46.9 Å². The van der Waals surface area contributed by atoms with Crippen LogP contribution in [0, 0.1) is 0 Å².